The molecule has 0 aliphatic carbocycles. The summed E-state index contributed by atoms with van der Waals surface area (Å²) < 4.78 is 0. The molecule has 2 heteroatoms. The molecule has 0 aliphatic heterocycles. The number of nitrogens with two attached hydrogens (primary N) is 1. The van der Waals surface area contributed by atoms with Gasteiger partial charge in [-0.25, -0.2) is 0 Å². The minimum absolute atomic E-state index is 0.592. The second-order valence-electron chi connectivity index (χ2n) is 4.27. The number of aryl methyl sites for hydroxylation is 1. The molecule has 0 saturated heterocycles. The number of anilines is 2. The van der Waals surface area contributed by atoms with Crippen molar-refractivity contribution in [3.05, 3.63) is 59.7 Å². The highest BCUT2D eigenvalue weighted by Gasteiger charge is 2.03. The molecule has 0 aromatic heterocycles. The summed E-state index contributed by atoms with van der Waals surface area (Å²) in [5.41, 5.74) is 10.4. The van der Waals surface area contributed by atoms with Crippen LogP contribution in [0.15, 0.2) is 48.5 Å². The summed E-state index contributed by atoms with van der Waals surface area (Å²) in [7, 11) is 2.08. The Morgan fingerprint density at radius 3 is 2.29 bits per heavy atom. The molecule has 0 aliphatic rings. The van der Waals surface area contributed by atoms with Crippen LogP contribution in [0.25, 0.3) is 0 Å². The first-order valence-corrected chi connectivity index (χ1v) is 5.80. The van der Waals surface area contributed by atoms with Gasteiger partial charge < -0.3 is 10.6 Å². The quantitative estimate of drug-likeness (QED) is 0.870. The zero-order chi connectivity index (χ0) is 12.3. The first-order valence-electron chi connectivity index (χ1n) is 5.80. The van der Waals surface area contributed by atoms with Crippen molar-refractivity contribution in [1.29, 1.82) is 0 Å². The van der Waals surface area contributed by atoms with Crippen LogP contribution in [0.1, 0.15) is 11.1 Å². The van der Waals surface area contributed by atoms with E-state index in [9.17, 15) is 0 Å². The topological polar surface area (TPSA) is 29.3 Å². The molecule has 88 valence electrons. The number of nitrogens with zero attached hydrogens (tertiary/aromatic N) is 1. The second-order valence-corrected chi connectivity index (χ2v) is 4.27. The van der Waals surface area contributed by atoms with Crippen molar-refractivity contribution < 1.29 is 0 Å². The van der Waals surface area contributed by atoms with Gasteiger partial charge in [-0.2, -0.15) is 0 Å². The Morgan fingerprint density at radius 2 is 1.71 bits per heavy atom. The Hall–Kier alpha value is -1.80. The van der Waals surface area contributed by atoms with Gasteiger partial charge in [-0.3, -0.25) is 0 Å². The predicted molar refractivity (Wildman–Crippen MR) is 73.6 cm³/mol. The largest absolute Gasteiger partial charge is 0.345 e. The van der Waals surface area contributed by atoms with Crippen molar-refractivity contribution in [2.24, 2.45) is 5.73 Å². The van der Waals surface area contributed by atoms with E-state index in [1.165, 1.54) is 16.9 Å². The first-order chi connectivity index (χ1) is 8.20. The Bertz CT molecular complexity index is 489. The molecule has 2 nitrogen and oxygen atoms in total. The highest BCUT2D eigenvalue weighted by atomic mass is 15.1. The van der Waals surface area contributed by atoms with Gasteiger partial charge in [0.05, 0.1) is 0 Å². The first kappa shape index (κ1) is 11.7. The SMILES string of the molecule is Cc1cccc(N(C)c2ccc(CN)cc2)c1. The molecule has 17 heavy (non-hydrogen) atoms. The zero-order valence-corrected chi connectivity index (χ0v) is 10.4. The van der Waals surface area contributed by atoms with Crippen LogP contribution in [0.2, 0.25) is 0 Å². The summed E-state index contributed by atoms with van der Waals surface area (Å²) in [6.45, 7) is 2.70. The van der Waals surface area contributed by atoms with Gasteiger partial charge in [0.25, 0.3) is 0 Å². The van der Waals surface area contributed by atoms with Crippen LogP contribution in [0, 0.1) is 6.92 Å². The summed E-state index contributed by atoms with van der Waals surface area (Å²) in [6, 6.07) is 16.8. The van der Waals surface area contributed by atoms with Gasteiger partial charge in [-0.05, 0) is 42.3 Å². The molecule has 0 radical (unpaired) electrons. The van der Waals surface area contributed by atoms with E-state index in [2.05, 4.69) is 67.4 Å². The van der Waals surface area contributed by atoms with Gasteiger partial charge >= 0.3 is 0 Å². The predicted octanol–water partition coefficient (Wildman–Crippen LogP) is 3.22. The number of benzene rings is 2. The van der Waals surface area contributed by atoms with Crippen LogP contribution in [-0.2, 0) is 6.54 Å². The molecule has 0 saturated carbocycles. The van der Waals surface area contributed by atoms with Crippen LogP contribution in [0.5, 0.6) is 0 Å². The average Bonchev–Trinajstić information content (AvgIpc) is 2.38. The Balaban J connectivity index is 2.27. The zero-order valence-electron chi connectivity index (χ0n) is 10.4. The maximum atomic E-state index is 5.59. The highest BCUT2D eigenvalue weighted by Crippen LogP contribution is 2.24. The standard InChI is InChI=1S/C15H18N2/c1-12-4-3-5-15(10-12)17(2)14-8-6-13(11-16)7-9-14/h3-10H,11,16H2,1-2H3. The maximum Gasteiger partial charge on any atom is 0.0410 e. The number of rotatable bonds is 3. The lowest BCUT2D eigenvalue weighted by Gasteiger charge is -2.20. The Morgan fingerprint density at radius 1 is 1.00 bits per heavy atom. The fourth-order valence-corrected chi connectivity index (χ4v) is 1.84. The van der Waals surface area contributed by atoms with Gasteiger partial charge in [0.15, 0.2) is 0 Å². The molecule has 0 unspecified atom stereocenters. The van der Waals surface area contributed by atoms with Crippen molar-refractivity contribution in [2.75, 3.05) is 11.9 Å². The lowest BCUT2D eigenvalue weighted by Crippen LogP contribution is -2.09. The molecule has 0 bridgehead atoms. The maximum absolute atomic E-state index is 5.59. The second kappa shape index (κ2) is 5.02. The van der Waals surface area contributed by atoms with Gasteiger partial charge in [0.1, 0.15) is 0 Å². The van der Waals surface area contributed by atoms with E-state index in [1.54, 1.807) is 0 Å². The Kier molecular flexibility index (Phi) is 3.45. The Labute approximate surface area is 103 Å². The number of hydrogen-bond acceptors (Lipinski definition) is 2. The van der Waals surface area contributed by atoms with E-state index in [1.807, 2.05) is 0 Å². The van der Waals surface area contributed by atoms with Crippen molar-refractivity contribution >= 4 is 11.4 Å². The van der Waals surface area contributed by atoms with E-state index in [4.69, 9.17) is 5.73 Å². The van der Waals surface area contributed by atoms with Crippen molar-refractivity contribution in [3.8, 4) is 0 Å². The fraction of sp³-hybridized carbons (Fsp3) is 0.200. The minimum Gasteiger partial charge on any atom is -0.345 e. The van der Waals surface area contributed by atoms with Gasteiger partial charge in [0, 0.05) is 25.0 Å². The van der Waals surface area contributed by atoms with Crippen LogP contribution in [0.4, 0.5) is 11.4 Å². The van der Waals surface area contributed by atoms with E-state index >= 15 is 0 Å². The molecule has 0 heterocycles. The summed E-state index contributed by atoms with van der Waals surface area (Å²) in [6.07, 6.45) is 0. The van der Waals surface area contributed by atoms with Gasteiger partial charge in [0.2, 0.25) is 0 Å². The van der Waals surface area contributed by atoms with Crippen LogP contribution >= 0.6 is 0 Å². The molecular weight excluding hydrogens is 208 g/mol. The van der Waals surface area contributed by atoms with Crippen molar-refractivity contribution in [1.82, 2.24) is 0 Å². The average molecular weight is 226 g/mol. The van der Waals surface area contributed by atoms with Crippen LogP contribution in [-0.4, -0.2) is 7.05 Å². The monoisotopic (exact) mass is 226 g/mol. The van der Waals surface area contributed by atoms with Gasteiger partial charge in [-0.15, -0.1) is 0 Å². The van der Waals surface area contributed by atoms with E-state index in [0.717, 1.165) is 5.56 Å². The third-order valence-electron chi connectivity index (χ3n) is 2.95. The van der Waals surface area contributed by atoms with Crippen LogP contribution < -0.4 is 10.6 Å². The van der Waals surface area contributed by atoms with Crippen molar-refractivity contribution in [3.63, 3.8) is 0 Å². The smallest absolute Gasteiger partial charge is 0.0410 e. The lowest BCUT2D eigenvalue weighted by atomic mass is 10.1. The summed E-state index contributed by atoms with van der Waals surface area (Å²) in [5.74, 6) is 0. The summed E-state index contributed by atoms with van der Waals surface area (Å²) >= 11 is 0. The van der Waals surface area contributed by atoms with E-state index in [-0.39, 0.29) is 0 Å². The minimum atomic E-state index is 0.592. The third-order valence-corrected chi connectivity index (χ3v) is 2.95. The van der Waals surface area contributed by atoms with Gasteiger partial charge in [-0.1, -0.05) is 24.3 Å². The van der Waals surface area contributed by atoms with E-state index in [0.29, 0.717) is 6.54 Å². The molecule has 2 rings (SSSR count). The molecule has 0 spiro atoms. The normalized spacial score (nSPS) is 10.3. The third kappa shape index (κ3) is 2.66. The van der Waals surface area contributed by atoms with E-state index < -0.39 is 0 Å². The molecule has 0 atom stereocenters. The molecular formula is C15H18N2. The lowest BCUT2D eigenvalue weighted by molar-refractivity contribution is 1.07. The highest BCUT2D eigenvalue weighted by molar-refractivity contribution is 5.63. The summed E-state index contributed by atoms with van der Waals surface area (Å²) in [5, 5.41) is 0. The summed E-state index contributed by atoms with van der Waals surface area (Å²) in [4.78, 5) is 2.17. The fourth-order valence-electron chi connectivity index (χ4n) is 1.84. The molecule has 0 amide bonds. The van der Waals surface area contributed by atoms with Crippen molar-refractivity contribution in [2.45, 2.75) is 13.5 Å². The molecule has 0 fully saturated rings. The van der Waals surface area contributed by atoms with Crippen LogP contribution in [0.3, 0.4) is 0 Å². The number of hydrogen-bond donors (Lipinski definition) is 1. The molecule has 2 aromatic carbocycles. The molecule has 2 aromatic rings. The molecule has 2 N–H and O–H groups in total.